The highest BCUT2D eigenvalue weighted by atomic mass is 16.5. The van der Waals surface area contributed by atoms with E-state index < -0.39 is 5.60 Å². The maximum atomic E-state index is 9.07. The van der Waals surface area contributed by atoms with E-state index in [1.54, 1.807) is 7.11 Å². The standard InChI is InChI=1S/C10H17NO3/c1-13-9-3-2-4-10(7-9,8-11)14-6-5-12/h9,12H,2-7H2,1H3. The van der Waals surface area contributed by atoms with Gasteiger partial charge in [0, 0.05) is 13.5 Å². The molecule has 2 unspecified atom stereocenters. The molecule has 0 aromatic carbocycles. The second-order valence-corrected chi connectivity index (χ2v) is 3.63. The maximum Gasteiger partial charge on any atom is 0.156 e. The molecule has 0 aromatic heterocycles. The van der Waals surface area contributed by atoms with Gasteiger partial charge >= 0.3 is 0 Å². The third-order valence-electron chi connectivity index (χ3n) is 2.67. The van der Waals surface area contributed by atoms with Gasteiger partial charge in [0.25, 0.3) is 0 Å². The van der Waals surface area contributed by atoms with Crippen LogP contribution in [0.25, 0.3) is 0 Å². The highest BCUT2D eigenvalue weighted by Crippen LogP contribution is 2.32. The Balaban J connectivity index is 2.55. The van der Waals surface area contributed by atoms with Crippen molar-refractivity contribution >= 4 is 0 Å². The minimum Gasteiger partial charge on any atom is -0.394 e. The normalized spacial score (nSPS) is 32.5. The first-order valence-corrected chi connectivity index (χ1v) is 4.95. The zero-order valence-electron chi connectivity index (χ0n) is 8.53. The van der Waals surface area contributed by atoms with Crippen LogP contribution in [0.3, 0.4) is 0 Å². The quantitative estimate of drug-likeness (QED) is 0.729. The molecule has 0 amide bonds. The number of aliphatic hydroxyl groups excluding tert-OH is 1. The van der Waals surface area contributed by atoms with Gasteiger partial charge in [-0.1, -0.05) is 0 Å². The summed E-state index contributed by atoms with van der Waals surface area (Å²) in [5.41, 5.74) is -0.734. The average Bonchev–Trinajstić information content (AvgIpc) is 2.26. The van der Waals surface area contributed by atoms with Crippen LogP contribution in [0.15, 0.2) is 0 Å². The lowest BCUT2D eigenvalue weighted by atomic mass is 9.84. The van der Waals surface area contributed by atoms with Crippen LogP contribution >= 0.6 is 0 Å². The molecule has 80 valence electrons. The molecule has 1 aliphatic carbocycles. The molecule has 1 saturated carbocycles. The largest absolute Gasteiger partial charge is 0.394 e. The van der Waals surface area contributed by atoms with E-state index >= 15 is 0 Å². The lowest BCUT2D eigenvalue weighted by Gasteiger charge is -2.34. The molecule has 4 heteroatoms. The van der Waals surface area contributed by atoms with Crippen molar-refractivity contribution in [1.82, 2.24) is 0 Å². The van der Waals surface area contributed by atoms with E-state index in [1.807, 2.05) is 0 Å². The van der Waals surface area contributed by atoms with Crippen molar-refractivity contribution in [3.8, 4) is 6.07 Å². The van der Waals surface area contributed by atoms with Crippen molar-refractivity contribution in [2.75, 3.05) is 20.3 Å². The summed E-state index contributed by atoms with van der Waals surface area (Å²) in [6, 6.07) is 2.20. The number of methoxy groups -OCH3 is 1. The zero-order chi connectivity index (χ0) is 10.4. The topological polar surface area (TPSA) is 62.5 Å². The van der Waals surface area contributed by atoms with Crippen LogP contribution in [0, 0.1) is 11.3 Å². The zero-order valence-corrected chi connectivity index (χ0v) is 8.53. The Kier molecular flexibility index (Phi) is 4.33. The molecule has 1 rings (SSSR count). The molecule has 2 atom stereocenters. The smallest absolute Gasteiger partial charge is 0.156 e. The highest BCUT2D eigenvalue weighted by molar-refractivity contribution is 5.05. The van der Waals surface area contributed by atoms with E-state index in [2.05, 4.69) is 6.07 Å². The molecule has 0 spiro atoms. The number of aliphatic hydroxyl groups is 1. The van der Waals surface area contributed by atoms with Gasteiger partial charge in [0.1, 0.15) is 0 Å². The fourth-order valence-corrected chi connectivity index (χ4v) is 1.89. The summed E-state index contributed by atoms with van der Waals surface area (Å²) in [7, 11) is 1.66. The van der Waals surface area contributed by atoms with Crippen LogP contribution < -0.4 is 0 Å². The monoisotopic (exact) mass is 199 g/mol. The molecule has 0 saturated heterocycles. The number of ether oxygens (including phenoxy) is 2. The predicted octanol–water partition coefficient (Wildman–Crippen LogP) is 0.847. The number of hydrogen-bond donors (Lipinski definition) is 1. The second-order valence-electron chi connectivity index (χ2n) is 3.63. The van der Waals surface area contributed by atoms with Gasteiger partial charge < -0.3 is 14.6 Å². The van der Waals surface area contributed by atoms with Crippen LogP contribution in [-0.2, 0) is 9.47 Å². The molecule has 1 aliphatic rings. The van der Waals surface area contributed by atoms with E-state index in [4.69, 9.17) is 19.8 Å². The van der Waals surface area contributed by atoms with Crippen molar-refractivity contribution < 1.29 is 14.6 Å². The van der Waals surface area contributed by atoms with E-state index in [0.717, 1.165) is 19.3 Å². The molecular formula is C10H17NO3. The summed E-state index contributed by atoms with van der Waals surface area (Å²) >= 11 is 0. The maximum absolute atomic E-state index is 9.07. The first-order chi connectivity index (χ1) is 6.76. The van der Waals surface area contributed by atoms with Crippen LogP contribution in [-0.4, -0.2) is 37.1 Å². The molecule has 0 bridgehead atoms. The first-order valence-electron chi connectivity index (χ1n) is 4.95. The fraction of sp³-hybridized carbons (Fsp3) is 0.900. The van der Waals surface area contributed by atoms with Gasteiger partial charge in [-0.05, 0) is 19.3 Å². The van der Waals surface area contributed by atoms with Crippen molar-refractivity contribution in [2.24, 2.45) is 0 Å². The van der Waals surface area contributed by atoms with Gasteiger partial charge in [-0.2, -0.15) is 5.26 Å². The number of hydrogen-bond acceptors (Lipinski definition) is 4. The van der Waals surface area contributed by atoms with E-state index in [-0.39, 0.29) is 19.3 Å². The molecule has 0 radical (unpaired) electrons. The third-order valence-corrected chi connectivity index (χ3v) is 2.67. The Hall–Kier alpha value is -0.630. The second kappa shape index (κ2) is 5.30. The Bertz CT molecular complexity index is 214. The minimum absolute atomic E-state index is 0.0406. The van der Waals surface area contributed by atoms with E-state index in [9.17, 15) is 0 Å². The van der Waals surface area contributed by atoms with Crippen molar-refractivity contribution in [1.29, 1.82) is 5.26 Å². The summed E-state index contributed by atoms with van der Waals surface area (Å²) in [4.78, 5) is 0. The summed E-state index contributed by atoms with van der Waals surface area (Å²) < 4.78 is 10.6. The van der Waals surface area contributed by atoms with Crippen LogP contribution in [0.1, 0.15) is 25.7 Å². The van der Waals surface area contributed by atoms with E-state index in [0.29, 0.717) is 6.42 Å². The third kappa shape index (κ3) is 2.68. The molecule has 14 heavy (non-hydrogen) atoms. The number of rotatable bonds is 4. The molecule has 0 aromatic rings. The fourth-order valence-electron chi connectivity index (χ4n) is 1.89. The van der Waals surface area contributed by atoms with Crippen LogP contribution in [0.2, 0.25) is 0 Å². The number of nitrogens with zero attached hydrogens (tertiary/aromatic N) is 1. The lowest BCUT2D eigenvalue weighted by molar-refractivity contribution is -0.0793. The minimum atomic E-state index is -0.734. The molecule has 4 nitrogen and oxygen atoms in total. The first kappa shape index (κ1) is 11.4. The van der Waals surface area contributed by atoms with Crippen molar-refractivity contribution in [3.05, 3.63) is 0 Å². The summed E-state index contributed by atoms with van der Waals surface area (Å²) in [6.07, 6.45) is 3.39. The Labute approximate surface area is 84.4 Å². The van der Waals surface area contributed by atoms with Crippen molar-refractivity contribution in [2.45, 2.75) is 37.4 Å². The Morgan fingerprint density at radius 2 is 2.43 bits per heavy atom. The molecular weight excluding hydrogens is 182 g/mol. The highest BCUT2D eigenvalue weighted by Gasteiger charge is 2.37. The molecule has 0 heterocycles. The summed E-state index contributed by atoms with van der Waals surface area (Å²) in [5, 5.41) is 17.7. The lowest BCUT2D eigenvalue weighted by Crippen LogP contribution is -2.40. The number of nitriles is 1. The van der Waals surface area contributed by atoms with Crippen LogP contribution in [0.5, 0.6) is 0 Å². The van der Waals surface area contributed by atoms with Gasteiger partial charge in [-0.25, -0.2) is 0 Å². The SMILES string of the molecule is COC1CCCC(C#N)(OCCO)C1. The summed E-state index contributed by atoms with van der Waals surface area (Å²) in [6.45, 7) is 0.186. The van der Waals surface area contributed by atoms with Gasteiger partial charge in [0.15, 0.2) is 5.60 Å². The molecule has 1 N–H and O–H groups in total. The van der Waals surface area contributed by atoms with Gasteiger partial charge in [0.05, 0.1) is 25.4 Å². The van der Waals surface area contributed by atoms with Crippen molar-refractivity contribution in [3.63, 3.8) is 0 Å². The molecule has 1 fully saturated rings. The van der Waals surface area contributed by atoms with Gasteiger partial charge in [-0.15, -0.1) is 0 Å². The Morgan fingerprint density at radius 1 is 1.64 bits per heavy atom. The summed E-state index contributed by atoms with van der Waals surface area (Å²) in [5.74, 6) is 0. The molecule has 0 aliphatic heterocycles. The Morgan fingerprint density at radius 3 is 3.00 bits per heavy atom. The average molecular weight is 199 g/mol. The van der Waals surface area contributed by atoms with E-state index in [1.165, 1.54) is 0 Å². The van der Waals surface area contributed by atoms with Crippen LogP contribution in [0.4, 0.5) is 0 Å². The van der Waals surface area contributed by atoms with Gasteiger partial charge in [0.2, 0.25) is 0 Å². The predicted molar refractivity (Wildman–Crippen MR) is 50.6 cm³/mol. The van der Waals surface area contributed by atoms with Gasteiger partial charge in [-0.3, -0.25) is 0 Å².